The molecule has 0 radical (unpaired) electrons. The number of carbonyl (C=O) groups excluding carboxylic acids is 3. The largest absolute Gasteiger partial charge is 0.465 e. The molecular weight excluding hydrogens is 358 g/mol. The van der Waals surface area contributed by atoms with Crippen molar-refractivity contribution in [2.45, 2.75) is 20.8 Å². The van der Waals surface area contributed by atoms with E-state index in [4.69, 9.17) is 0 Å². The highest BCUT2D eigenvalue weighted by Crippen LogP contribution is 2.22. The van der Waals surface area contributed by atoms with Gasteiger partial charge in [0.15, 0.2) is 0 Å². The molecule has 28 heavy (non-hydrogen) atoms. The molecule has 0 fully saturated rings. The second kappa shape index (κ2) is 9.55. The van der Waals surface area contributed by atoms with Crippen molar-refractivity contribution in [1.29, 1.82) is 0 Å². The monoisotopic (exact) mass is 383 g/mol. The molecular formula is C21H25N3O4. The molecule has 0 atom stereocenters. The Morgan fingerprint density at radius 1 is 0.964 bits per heavy atom. The first-order valence-electron chi connectivity index (χ1n) is 9.05. The van der Waals surface area contributed by atoms with Crippen LogP contribution in [0.2, 0.25) is 0 Å². The van der Waals surface area contributed by atoms with E-state index in [1.165, 1.54) is 13.2 Å². The van der Waals surface area contributed by atoms with Gasteiger partial charge in [-0.1, -0.05) is 6.07 Å². The van der Waals surface area contributed by atoms with Crippen LogP contribution >= 0.6 is 0 Å². The Morgan fingerprint density at radius 2 is 1.64 bits per heavy atom. The Hall–Kier alpha value is -3.35. The molecule has 2 aromatic rings. The van der Waals surface area contributed by atoms with Gasteiger partial charge in [-0.3, -0.25) is 9.59 Å². The fourth-order valence-corrected chi connectivity index (χ4v) is 2.78. The molecule has 148 valence electrons. The number of hydrogen-bond acceptors (Lipinski definition) is 5. The van der Waals surface area contributed by atoms with Crippen molar-refractivity contribution in [1.82, 2.24) is 0 Å². The third-order valence-electron chi connectivity index (χ3n) is 4.33. The third kappa shape index (κ3) is 5.09. The lowest BCUT2D eigenvalue weighted by atomic mass is 10.1. The summed E-state index contributed by atoms with van der Waals surface area (Å²) in [6.07, 6.45) is 0. The van der Waals surface area contributed by atoms with Crippen LogP contribution in [0, 0.1) is 6.92 Å². The minimum Gasteiger partial charge on any atom is -0.465 e. The minimum atomic E-state index is -0.825. The van der Waals surface area contributed by atoms with Gasteiger partial charge in [0, 0.05) is 30.2 Å². The summed E-state index contributed by atoms with van der Waals surface area (Å²) in [7, 11) is 1.27. The average Bonchev–Trinajstić information content (AvgIpc) is 2.70. The summed E-state index contributed by atoms with van der Waals surface area (Å²) >= 11 is 0. The van der Waals surface area contributed by atoms with E-state index in [-0.39, 0.29) is 5.56 Å². The maximum Gasteiger partial charge on any atom is 0.337 e. The normalized spacial score (nSPS) is 10.1. The smallest absolute Gasteiger partial charge is 0.337 e. The van der Waals surface area contributed by atoms with Gasteiger partial charge in [0.25, 0.3) is 0 Å². The Bertz CT molecular complexity index is 876. The summed E-state index contributed by atoms with van der Waals surface area (Å²) in [5.41, 5.74) is 3.10. The molecule has 0 aliphatic carbocycles. The quantitative estimate of drug-likeness (QED) is 0.591. The number of ether oxygens (including phenoxy) is 1. The zero-order valence-electron chi connectivity index (χ0n) is 16.5. The number of carbonyl (C=O) groups is 3. The molecule has 0 unspecified atom stereocenters. The van der Waals surface area contributed by atoms with Gasteiger partial charge in [0.05, 0.1) is 12.7 Å². The van der Waals surface area contributed by atoms with Crippen LogP contribution in [0.3, 0.4) is 0 Å². The number of esters is 1. The molecule has 2 N–H and O–H groups in total. The first kappa shape index (κ1) is 21.0. The Labute approximate surface area is 164 Å². The minimum absolute atomic E-state index is 0.281. The maximum absolute atomic E-state index is 12.2. The summed E-state index contributed by atoms with van der Waals surface area (Å²) in [5.74, 6) is -2.14. The van der Waals surface area contributed by atoms with Crippen LogP contribution in [-0.4, -0.2) is 38.0 Å². The molecule has 0 aliphatic rings. The third-order valence-corrected chi connectivity index (χ3v) is 4.33. The molecule has 2 rings (SSSR count). The second-order valence-electron chi connectivity index (χ2n) is 6.15. The van der Waals surface area contributed by atoms with Crippen LogP contribution in [0.5, 0.6) is 0 Å². The van der Waals surface area contributed by atoms with Crippen LogP contribution in [0.25, 0.3) is 0 Å². The topological polar surface area (TPSA) is 87.7 Å². The fraction of sp³-hybridized carbons (Fsp3) is 0.286. The van der Waals surface area contributed by atoms with Gasteiger partial charge in [0.2, 0.25) is 0 Å². The van der Waals surface area contributed by atoms with E-state index in [0.717, 1.165) is 24.3 Å². The van der Waals surface area contributed by atoms with Gasteiger partial charge >= 0.3 is 17.8 Å². The predicted octanol–water partition coefficient (Wildman–Crippen LogP) is 3.21. The highest BCUT2D eigenvalue weighted by Gasteiger charge is 2.16. The molecule has 0 saturated heterocycles. The van der Waals surface area contributed by atoms with Crippen molar-refractivity contribution in [2.75, 3.05) is 35.7 Å². The molecule has 0 spiro atoms. The number of hydrogen-bond donors (Lipinski definition) is 2. The average molecular weight is 383 g/mol. The molecule has 7 heteroatoms. The lowest BCUT2D eigenvalue weighted by Crippen LogP contribution is -2.29. The first-order chi connectivity index (χ1) is 13.4. The molecule has 0 aromatic heterocycles. The van der Waals surface area contributed by atoms with Crippen molar-refractivity contribution >= 4 is 34.8 Å². The van der Waals surface area contributed by atoms with Gasteiger partial charge in [-0.25, -0.2) is 4.79 Å². The highest BCUT2D eigenvalue weighted by molar-refractivity contribution is 6.43. The molecule has 2 aromatic carbocycles. The Morgan fingerprint density at radius 3 is 2.25 bits per heavy atom. The van der Waals surface area contributed by atoms with Gasteiger partial charge in [-0.15, -0.1) is 0 Å². The lowest BCUT2D eigenvalue weighted by molar-refractivity contribution is -0.133. The van der Waals surface area contributed by atoms with E-state index in [9.17, 15) is 14.4 Å². The van der Waals surface area contributed by atoms with E-state index in [2.05, 4.69) is 34.1 Å². The number of amides is 2. The Balaban J connectivity index is 2.07. The SMILES string of the molecule is CCN(CC)c1ccc(NC(=O)C(=O)Nc2cccc(C(=O)OC)c2)c(C)c1. The number of benzene rings is 2. The van der Waals surface area contributed by atoms with E-state index < -0.39 is 17.8 Å². The maximum atomic E-state index is 12.2. The number of methoxy groups -OCH3 is 1. The van der Waals surface area contributed by atoms with E-state index in [0.29, 0.717) is 11.4 Å². The van der Waals surface area contributed by atoms with Crippen LogP contribution in [0.15, 0.2) is 42.5 Å². The molecule has 7 nitrogen and oxygen atoms in total. The van der Waals surface area contributed by atoms with Crippen molar-refractivity contribution in [3.63, 3.8) is 0 Å². The van der Waals surface area contributed by atoms with Crippen molar-refractivity contribution in [2.24, 2.45) is 0 Å². The highest BCUT2D eigenvalue weighted by atomic mass is 16.5. The van der Waals surface area contributed by atoms with E-state index in [1.54, 1.807) is 24.3 Å². The summed E-state index contributed by atoms with van der Waals surface area (Å²) in [5, 5.41) is 5.10. The van der Waals surface area contributed by atoms with Crippen molar-refractivity contribution in [3.05, 3.63) is 53.6 Å². The molecule has 0 bridgehead atoms. The van der Waals surface area contributed by atoms with Gasteiger partial charge < -0.3 is 20.3 Å². The number of rotatable bonds is 6. The number of nitrogens with zero attached hydrogens (tertiary/aromatic N) is 1. The standard InChI is InChI=1S/C21H25N3O4/c1-5-24(6-2)17-10-11-18(14(3)12-17)23-20(26)19(25)22-16-9-7-8-15(13-16)21(27)28-4/h7-13H,5-6H2,1-4H3,(H,22,25)(H,23,26). The van der Waals surface area contributed by atoms with E-state index in [1.807, 2.05) is 19.1 Å². The van der Waals surface area contributed by atoms with Crippen LogP contribution < -0.4 is 15.5 Å². The van der Waals surface area contributed by atoms with Crippen LogP contribution in [-0.2, 0) is 14.3 Å². The van der Waals surface area contributed by atoms with Crippen LogP contribution in [0.4, 0.5) is 17.1 Å². The fourth-order valence-electron chi connectivity index (χ4n) is 2.78. The summed E-state index contributed by atoms with van der Waals surface area (Å²) < 4.78 is 4.64. The summed E-state index contributed by atoms with van der Waals surface area (Å²) in [4.78, 5) is 38.2. The zero-order chi connectivity index (χ0) is 20.7. The van der Waals surface area contributed by atoms with Crippen LogP contribution in [0.1, 0.15) is 29.8 Å². The van der Waals surface area contributed by atoms with E-state index >= 15 is 0 Å². The summed E-state index contributed by atoms with van der Waals surface area (Å²) in [6.45, 7) is 7.80. The van der Waals surface area contributed by atoms with Gasteiger partial charge in [-0.05, 0) is 62.7 Å². The zero-order valence-corrected chi connectivity index (χ0v) is 16.5. The molecule has 0 aliphatic heterocycles. The molecule has 2 amide bonds. The number of aryl methyl sites for hydroxylation is 1. The first-order valence-corrected chi connectivity index (χ1v) is 9.05. The molecule has 0 saturated carbocycles. The number of nitrogens with one attached hydrogen (secondary N) is 2. The molecule has 0 heterocycles. The second-order valence-corrected chi connectivity index (χ2v) is 6.15. The lowest BCUT2D eigenvalue weighted by Gasteiger charge is -2.22. The number of anilines is 3. The van der Waals surface area contributed by atoms with Crippen molar-refractivity contribution < 1.29 is 19.1 Å². The Kier molecular flexibility index (Phi) is 7.14. The van der Waals surface area contributed by atoms with Crippen molar-refractivity contribution in [3.8, 4) is 0 Å². The predicted molar refractivity (Wildman–Crippen MR) is 110 cm³/mol. The van der Waals surface area contributed by atoms with Gasteiger partial charge in [-0.2, -0.15) is 0 Å². The summed E-state index contributed by atoms with van der Waals surface area (Å²) in [6, 6.07) is 11.8. The van der Waals surface area contributed by atoms with Gasteiger partial charge in [0.1, 0.15) is 0 Å².